The van der Waals surface area contributed by atoms with E-state index < -0.39 is 5.92 Å². The van der Waals surface area contributed by atoms with Crippen LogP contribution in [0.1, 0.15) is 54.7 Å². The molecule has 4 nitrogen and oxygen atoms in total. The van der Waals surface area contributed by atoms with Gasteiger partial charge in [0.2, 0.25) is 11.8 Å². The molecule has 140 valence electrons. The van der Waals surface area contributed by atoms with E-state index in [1.165, 1.54) is 24.0 Å². The molecule has 1 aliphatic heterocycles. The maximum Gasteiger partial charge on any atom is 0.228 e. The zero-order chi connectivity index (χ0) is 18.9. The minimum Gasteiger partial charge on any atom is -0.355 e. The highest BCUT2D eigenvalue weighted by molar-refractivity contribution is 6.01. The Kier molecular flexibility index (Phi) is 4.73. The summed E-state index contributed by atoms with van der Waals surface area (Å²) in [6.07, 6.45) is 4.79. The van der Waals surface area contributed by atoms with Gasteiger partial charge in [-0.2, -0.15) is 0 Å². The molecule has 2 aromatic rings. The average Bonchev–Trinajstić information content (AvgIpc) is 3.15. The molecule has 1 aliphatic carbocycles. The molecule has 0 radical (unpaired) electrons. The molecule has 4 heteroatoms. The van der Waals surface area contributed by atoms with E-state index in [4.69, 9.17) is 0 Å². The molecular formula is C23H26N2O2. The van der Waals surface area contributed by atoms with Gasteiger partial charge in [-0.25, -0.2) is 0 Å². The molecule has 0 bridgehead atoms. The lowest BCUT2D eigenvalue weighted by Crippen LogP contribution is -2.42. The maximum absolute atomic E-state index is 13.0. The van der Waals surface area contributed by atoms with Gasteiger partial charge >= 0.3 is 0 Å². The highest BCUT2D eigenvalue weighted by Crippen LogP contribution is 2.41. The summed E-state index contributed by atoms with van der Waals surface area (Å²) in [7, 11) is 0. The number of nitrogens with one attached hydrogen (secondary N) is 2. The minimum absolute atomic E-state index is 0.0120. The first-order valence-corrected chi connectivity index (χ1v) is 9.81. The van der Waals surface area contributed by atoms with Crippen LogP contribution in [-0.4, -0.2) is 18.4 Å². The van der Waals surface area contributed by atoms with Crippen LogP contribution in [0.5, 0.6) is 0 Å². The standard InChI is InChI=1S/C23H26N2O2/c1-16-7-6-8-17(13-16)23(11-4-5-12-23)15-24-22(27)19-14-21(26)25-20-10-3-2-9-18(19)20/h2-3,6-10,13,19H,4-5,11-12,14-15H2,1H3,(H,24,27)(H,25,26). The molecule has 1 fully saturated rings. The summed E-state index contributed by atoms with van der Waals surface area (Å²) in [5.74, 6) is -0.551. The Morgan fingerprint density at radius 3 is 2.70 bits per heavy atom. The number of carbonyl (C=O) groups excluding carboxylic acids is 2. The third-order valence-electron chi connectivity index (χ3n) is 6.11. The van der Waals surface area contributed by atoms with Crippen LogP contribution >= 0.6 is 0 Å². The van der Waals surface area contributed by atoms with Crippen LogP contribution in [0, 0.1) is 6.92 Å². The Morgan fingerprint density at radius 2 is 1.93 bits per heavy atom. The summed E-state index contributed by atoms with van der Waals surface area (Å²) in [6.45, 7) is 2.75. The van der Waals surface area contributed by atoms with Gasteiger partial charge in [-0.1, -0.05) is 60.9 Å². The second-order valence-electron chi connectivity index (χ2n) is 7.97. The van der Waals surface area contributed by atoms with Crippen LogP contribution < -0.4 is 10.6 Å². The normalized spacial score (nSPS) is 20.6. The quantitative estimate of drug-likeness (QED) is 0.862. The number of anilines is 1. The van der Waals surface area contributed by atoms with Crippen molar-refractivity contribution in [3.05, 3.63) is 65.2 Å². The Bertz CT molecular complexity index is 868. The second-order valence-corrected chi connectivity index (χ2v) is 7.97. The molecule has 27 heavy (non-hydrogen) atoms. The van der Waals surface area contributed by atoms with Crippen molar-refractivity contribution in [1.29, 1.82) is 0 Å². The molecule has 1 saturated carbocycles. The van der Waals surface area contributed by atoms with Gasteiger partial charge in [0.25, 0.3) is 0 Å². The molecule has 2 aliphatic rings. The topological polar surface area (TPSA) is 58.2 Å². The summed E-state index contributed by atoms with van der Waals surface area (Å²) in [5.41, 5.74) is 4.25. The second kappa shape index (κ2) is 7.18. The molecular weight excluding hydrogens is 336 g/mol. The predicted molar refractivity (Wildman–Crippen MR) is 107 cm³/mol. The van der Waals surface area contributed by atoms with Crippen molar-refractivity contribution in [2.24, 2.45) is 0 Å². The van der Waals surface area contributed by atoms with Crippen molar-refractivity contribution in [2.45, 2.75) is 50.4 Å². The zero-order valence-electron chi connectivity index (χ0n) is 15.8. The number of fused-ring (bicyclic) bond motifs is 1. The van der Waals surface area contributed by atoms with Gasteiger partial charge < -0.3 is 10.6 Å². The molecule has 2 aromatic carbocycles. The van der Waals surface area contributed by atoms with Gasteiger partial charge in [0.05, 0.1) is 5.92 Å². The third kappa shape index (κ3) is 3.48. The fourth-order valence-corrected chi connectivity index (χ4v) is 4.62. The van der Waals surface area contributed by atoms with Gasteiger partial charge in [0.15, 0.2) is 0 Å². The fourth-order valence-electron chi connectivity index (χ4n) is 4.62. The molecule has 2 N–H and O–H groups in total. The van der Waals surface area contributed by atoms with Crippen LogP contribution in [0.2, 0.25) is 0 Å². The average molecular weight is 362 g/mol. The number of carbonyl (C=O) groups is 2. The molecule has 4 rings (SSSR count). The number of para-hydroxylation sites is 1. The fraction of sp³-hybridized carbons (Fsp3) is 0.391. The monoisotopic (exact) mass is 362 g/mol. The molecule has 0 aromatic heterocycles. The van der Waals surface area contributed by atoms with Crippen LogP contribution in [0.4, 0.5) is 5.69 Å². The number of hydrogen-bond donors (Lipinski definition) is 2. The summed E-state index contributed by atoms with van der Waals surface area (Å²) in [4.78, 5) is 25.0. The van der Waals surface area contributed by atoms with Crippen LogP contribution in [0.15, 0.2) is 48.5 Å². The third-order valence-corrected chi connectivity index (χ3v) is 6.11. The summed E-state index contributed by atoms with van der Waals surface area (Å²) in [6, 6.07) is 16.3. The molecule has 1 unspecified atom stereocenters. The number of aryl methyl sites for hydroxylation is 1. The van der Waals surface area contributed by atoms with Crippen LogP contribution in [0.25, 0.3) is 0 Å². The van der Waals surface area contributed by atoms with E-state index in [9.17, 15) is 9.59 Å². The first kappa shape index (κ1) is 17.8. The lowest BCUT2D eigenvalue weighted by atomic mass is 9.78. The Hall–Kier alpha value is -2.62. The van der Waals surface area contributed by atoms with E-state index in [0.29, 0.717) is 6.54 Å². The number of hydrogen-bond acceptors (Lipinski definition) is 2. The molecule has 0 spiro atoms. The van der Waals surface area contributed by atoms with E-state index in [-0.39, 0.29) is 23.7 Å². The van der Waals surface area contributed by atoms with E-state index in [0.717, 1.165) is 24.1 Å². The Balaban J connectivity index is 1.54. The number of benzene rings is 2. The first-order chi connectivity index (χ1) is 13.1. The largest absolute Gasteiger partial charge is 0.355 e. The molecule has 2 amide bonds. The minimum atomic E-state index is -0.411. The summed E-state index contributed by atoms with van der Waals surface area (Å²) < 4.78 is 0. The lowest BCUT2D eigenvalue weighted by molar-refractivity contribution is -0.126. The highest BCUT2D eigenvalue weighted by atomic mass is 16.2. The van der Waals surface area contributed by atoms with Crippen molar-refractivity contribution in [1.82, 2.24) is 5.32 Å². The first-order valence-electron chi connectivity index (χ1n) is 9.81. The lowest BCUT2D eigenvalue weighted by Gasteiger charge is -2.32. The Labute approximate surface area is 160 Å². The van der Waals surface area contributed by atoms with Crippen molar-refractivity contribution in [3.8, 4) is 0 Å². The van der Waals surface area contributed by atoms with E-state index >= 15 is 0 Å². The smallest absolute Gasteiger partial charge is 0.228 e. The predicted octanol–water partition coefficient (Wildman–Crippen LogP) is 4.05. The van der Waals surface area contributed by atoms with Gasteiger partial charge in [0, 0.05) is 24.1 Å². The highest BCUT2D eigenvalue weighted by Gasteiger charge is 2.37. The Morgan fingerprint density at radius 1 is 1.15 bits per heavy atom. The van der Waals surface area contributed by atoms with E-state index in [1.807, 2.05) is 24.3 Å². The van der Waals surface area contributed by atoms with E-state index in [2.05, 4.69) is 41.8 Å². The van der Waals surface area contributed by atoms with Crippen molar-refractivity contribution < 1.29 is 9.59 Å². The van der Waals surface area contributed by atoms with E-state index in [1.54, 1.807) is 0 Å². The summed E-state index contributed by atoms with van der Waals surface area (Å²) >= 11 is 0. The SMILES string of the molecule is Cc1cccc(C2(CNC(=O)C3CC(=O)Nc4ccccc43)CCCC2)c1. The number of amides is 2. The maximum atomic E-state index is 13.0. The van der Waals surface area contributed by atoms with Crippen molar-refractivity contribution in [2.75, 3.05) is 11.9 Å². The number of rotatable bonds is 4. The van der Waals surface area contributed by atoms with Crippen molar-refractivity contribution >= 4 is 17.5 Å². The molecule has 1 heterocycles. The zero-order valence-corrected chi connectivity index (χ0v) is 15.8. The summed E-state index contributed by atoms with van der Waals surface area (Å²) in [5, 5.41) is 6.06. The van der Waals surface area contributed by atoms with Crippen molar-refractivity contribution in [3.63, 3.8) is 0 Å². The van der Waals surface area contributed by atoms with Crippen LogP contribution in [-0.2, 0) is 15.0 Å². The van der Waals surface area contributed by atoms with Gasteiger partial charge in [-0.15, -0.1) is 0 Å². The van der Waals surface area contributed by atoms with Gasteiger partial charge in [-0.3, -0.25) is 9.59 Å². The van der Waals surface area contributed by atoms with Crippen LogP contribution in [0.3, 0.4) is 0 Å². The van der Waals surface area contributed by atoms with Gasteiger partial charge in [-0.05, 0) is 37.0 Å². The van der Waals surface area contributed by atoms with Gasteiger partial charge in [0.1, 0.15) is 0 Å². The molecule has 1 atom stereocenters. The molecule has 0 saturated heterocycles.